The molecule has 5 rings (SSSR count). The third kappa shape index (κ3) is 5.59. The van der Waals surface area contributed by atoms with Crippen molar-refractivity contribution in [2.75, 3.05) is 13.7 Å². The number of ether oxygens (including phenoxy) is 1. The fourth-order valence-corrected chi connectivity index (χ4v) is 5.34. The molecule has 8 nitrogen and oxygen atoms in total. The Morgan fingerprint density at radius 1 is 1.18 bits per heavy atom. The second kappa shape index (κ2) is 10.2. The first-order valence-corrected chi connectivity index (χ1v) is 13.3. The number of aromatic nitrogens is 2. The lowest BCUT2D eigenvalue weighted by Crippen LogP contribution is -2.50. The maximum Gasteiger partial charge on any atom is 0.318 e. The first kappa shape index (κ1) is 25.9. The summed E-state index contributed by atoms with van der Waals surface area (Å²) in [6.07, 6.45) is 2.62. The molecule has 1 fully saturated rings. The molecule has 8 heteroatoms. The van der Waals surface area contributed by atoms with E-state index in [1.807, 2.05) is 43.9 Å². The van der Waals surface area contributed by atoms with Crippen molar-refractivity contribution in [3.8, 4) is 16.9 Å². The van der Waals surface area contributed by atoms with Crippen LogP contribution in [0.1, 0.15) is 67.9 Å². The molecule has 200 valence electrons. The lowest BCUT2D eigenvalue weighted by molar-refractivity contribution is -0.120. The lowest BCUT2D eigenvalue weighted by Gasteiger charge is -2.34. The van der Waals surface area contributed by atoms with Gasteiger partial charge in [0.2, 0.25) is 5.89 Å². The minimum atomic E-state index is -0.313. The summed E-state index contributed by atoms with van der Waals surface area (Å²) in [5.74, 6) is 2.21. The third-order valence-corrected chi connectivity index (χ3v) is 7.36. The molecule has 1 aliphatic heterocycles. The summed E-state index contributed by atoms with van der Waals surface area (Å²) in [7, 11) is 1.67. The van der Waals surface area contributed by atoms with Gasteiger partial charge < -0.3 is 19.5 Å². The smallest absolute Gasteiger partial charge is 0.318 e. The van der Waals surface area contributed by atoms with Gasteiger partial charge in [-0.05, 0) is 86.9 Å². The third-order valence-electron chi connectivity index (χ3n) is 7.36. The molecule has 2 aliphatic rings. The minimum Gasteiger partial charge on any atom is -0.497 e. The second-order valence-corrected chi connectivity index (χ2v) is 11.4. The van der Waals surface area contributed by atoms with Crippen LogP contribution in [0.5, 0.6) is 5.75 Å². The predicted molar refractivity (Wildman–Crippen MR) is 144 cm³/mol. The quantitative estimate of drug-likeness (QED) is 0.462. The molecule has 0 bridgehead atoms. The van der Waals surface area contributed by atoms with E-state index < -0.39 is 0 Å². The Labute approximate surface area is 223 Å². The molecule has 3 aromatic rings. The van der Waals surface area contributed by atoms with Gasteiger partial charge in [0.1, 0.15) is 11.5 Å². The van der Waals surface area contributed by atoms with E-state index in [2.05, 4.69) is 33.7 Å². The van der Waals surface area contributed by atoms with Gasteiger partial charge in [0.05, 0.1) is 7.11 Å². The molecule has 2 amide bonds. The molecular weight excluding hydrogens is 480 g/mol. The lowest BCUT2D eigenvalue weighted by atomic mass is 9.86. The van der Waals surface area contributed by atoms with Crippen molar-refractivity contribution in [3.05, 3.63) is 64.8 Å². The summed E-state index contributed by atoms with van der Waals surface area (Å²) < 4.78 is 10.7. The molecular formula is C30H36N4O4. The van der Waals surface area contributed by atoms with Gasteiger partial charge in [-0.15, -0.1) is 0 Å². The first-order chi connectivity index (χ1) is 18.1. The van der Waals surface area contributed by atoms with Crippen molar-refractivity contribution in [1.82, 2.24) is 20.4 Å². The molecule has 1 N–H and O–H groups in total. The molecule has 0 radical (unpaired) electrons. The van der Waals surface area contributed by atoms with Crippen molar-refractivity contribution in [2.45, 2.75) is 71.4 Å². The van der Waals surface area contributed by atoms with Gasteiger partial charge in [-0.3, -0.25) is 4.79 Å². The van der Waals surface area contributed by atoms with E-state index in [0.717, 1.165) is 40.8 Å². The SMILES string of the molecule is COc1cccc(-c2ccc(CCC(=O)[C@@H]3C[C@H]3c3nc(C)no3)c3c2CCN(C(=O)NC(C)(C)C)C3)c1. The van der Waals surface area contributed by atoms with Crippen LogP contribution >= 0.6 is 0 Å². The topological polar surface area (TPSA) is 97.6 Å². The van der Waals surface area contributed by atoms with Gasteiger partial charge in [0.15, 0.2) is 5.82 Å². The summed E-state index contributed by atoms with van der Waals surface area (Å²) >= 11 is 0. The number of fused-ring (bicyclic) bond motifs is 1. The van der Waals surface area contributed by atoms with Crippen LogP contribution < -0.4 is 10.1 Å². The van der Waals surface area contributed by atoms with Crippen LogP contribution in [0.4, 0.5) is 4.79 Å². The number of methoxy groups -OCH3 is 1. The molecule has 1 aromatic heterocycles. The normalized spacial score (nSPS) is 18.6. The monoisotopic (exact) mass is 516 g/mol. The van der Waals surface area contributed by atoms with E-state index >= 15 is 0 Å². The van der Waals surface area contributed by atoms with Crippen molar-refractivity contribution in [2.24, 2.45) is 5.92 Å². The van der Waals surface area contributed by atoms with E-state index in [9.17, 15) is 9.59 Å². The molecule has 0 spiro atoms. The van der Waals surface area contributed by atoms with Crippen molar-refractivity contribution < 1.29 is 18.8 Å². The van der Waals surface area contributed by atoms with Crippen LogP contribution in [0.2, 0.25) is 0 Å². The van der Waals surface area contributed by atoms with E-state index in [1.165, 1.54) is 5.56 Å². The number of hydrogen-bond acceptors (Lipinski definition) is 6. The number of nitrogens with one attached hydrogen (secondary N) is 1. The molecule has 2 atom stereocenters. The Balaban J connectivity index is 1.38. The Hall–Kier alpha value is -3.68. The zero-order chi connectivity index (χ0) is 27.0. The molecule has 38 heavy (non-hydrogen) atoms. The highest BCUT2D eigenvalue weighted by Gasteiger charge is 2.47. The average Bonchev–Trinajstić information content (AvgIpc) is 3.58. The number of carbonyl (C=O) groups is 2. The van der Waals surface area contributed by atoms with Gasteiger partial charge in [-0.25, -0.2) is 4.79 Å². The fourth-order valence-electron chi connectivity index (χ4n) is 5.34. The number of aryl methyl sites for hydroxylation is 2. The van der Waals surface area contributed by atoms with Gasteiger partial charge >= 0.3 is 6.03 Å². The van der Waals surface area contributed by atoms with Crippen LogP contribution in [0.25, 0.3) is 11.1 Å². The fraction of sp³-hybridized carbons (Fsp3) is 0.467. The Morgan fingerprint density at radius 2 is 2.00 bits per heavy atom. The molecule has 1 aliphatic carbocycles. The first-order valence-electron chi connectivity index (χ1n) is 13.3. The maximum absolute atomic E-state index is 13.0. The number of hydrogen-bond donors (Lipinski definition) is 1. The van der Waals surface area contributed by atoms with Gasteiger partial charge in [-0.1, -0.05) is 29.4 Å². The minimum absolute atomic E-state index is 0.0456. The van der Waals surface area contributed by atoms with E-state index in [0.29, 0.717) is 37.6 Å². The van der Waals surface area contributed by atoms with Crippen LogP contribution in [0, 0.1) is 12.8 Å². The number of ketones is 1. The highest BCUT2D eigenvalue weighted by atomic mass is 16.5. The van der Waals surface area contributed by atoms with Crippen LogP contribution in [-0.4, -0.2) is 46.0 Å². The number of Topliss-reactive ketones (excluding diaryl/α,β-unsaturated/α-hetero) is 1. The number of carbonyl (C=O) groups excluding carboxylic acids is 2. The van der Waals surface area contributed by atoms with Crippen LogP contribution in [0.15, 0.2) is 40.9 Å². The summed E-state index contributed by atoms with van der Waals surface area (Å²) in [6, 6.07) is 12.3. The summed E-state index contributed by atoms with van der Waals surface area (Å²) in [5.41, 5.74) is 5.44. The summed E-state index contributed by atoms with van der Waals surface area (Å²) in [4.78, 5) is 32.3. The summed E-state index contributed by atoms with van der Waals surface area (Å²) in [6.45, 7) is 8.91. The van der Waals surface area contributed by atoms with Crippen molar-refractivity contribution in [1.29, 1.82) is 0 Å². The Morgan fingerprint density at radius 3 is 2.71 bits per heavy atom. The molecule has 2 heterocycles. The summed E-state index contributed by atoms with van der Waals surface area (Å²) in [5, 5.41) is 6.95. The highest BCUT2D eigenvalue weighted by molar-refractivity contribution is 5.85. The van der Waals surface area contributed by atoms with Crippen LogP contribution in [0.3, 0.4) is 0 Å². The predicted octanol–water partition coefficient (Wildman–Crippen LogP) is 5.23. The number of rotatable bonds is 7. The second-order valence-electron chi connectivity index (χ2n) is 11.4. The van der Waals surface area contributed by atoms with E-state index in [4.69, 9.17) is 9.26 Å². The molecule has 1 saturated carbocycles. The zero-order valence-corrected chi connectivity index (χ0v) is 22.8. The molecule has 2 aromatic carbocycles. The van der Waals surface area contributed by atoms with E-state index in [-0.39, 0.29) is 29.2 Å². The Kier molecular flexibility index (Phi) is 6.99. The highest BCUT2D eigenvalue weighted by Crippen LogP contribution is 2.48. The Bertz CT molecular complexity index is 1360. The standard InChI is InChI=1S/C30H36N4O4/c1-18-31-28(38-33-18)25-16-24(25)27(35)12-10-19-9-11-22(20-7-6-8-21(15-20)37-5)23-13-14-34(17-26(19)23)29(36)32-30(2,3)4/h6-9,11,15,24-25H,10,12-14,16-17H2,1-5H3,(H,32,36)/t24-,25-/m1/s1. The van der Waals surface area contributed by atoms with Gasteiger partial charge in [-0.2, -0.15) is 4.98 Å². The maximum atomic E-state index is 13.0. The number of amides is 2. The van der Waals surface area contributed by atoms with Gasteiger partial charge in [0.25, 0.3) is 0 Å². The molecule has 0 saturated heterocycles. The number of benzene rings is 2. The number of urea groups is 1. The van der Waals surface area contributed by atoms with E-state index in [1.54, 1.807) is 14.0 Å². The zero-order valence-electron chi connectivity index (χ0n) is 22.8. The van der Waals surface area contributed by atoms with Gasteiger partial charge in [0, 0.05) is 36.9 Å². The van der Waals surface area contributed by atoms with Crippen molar-refractivity contribution >= 4 is 11.8 Å². The number of nitrogens with zero attached hydrogens (tertiary/aromatic N) is 3. The average molecular weight is 517 g/mol. The van der Waals surface area contributed by atoms with Crippen molar-refractivity contribution in [3.63, 3.8) is 0 Å². The van der Waals surface area contributed by atoms with Crippen LogP contribution in [-0.2, 0) is 24.2 Å². The largest absolute Gasteiger partial charge is 0.497 e. The molecule has 0 unspecified atom stereocenters.